The van der Waals surface area contributed by atoms with Crippen LogP contribution in [-0.4, -0.2) is 45.2 Å². The number of nitrogens with zero attached hydrogens (tertiary/aromatic N) is 2. The van der Waals surface area contributed by atoms with Crippen molar-refractivity contribution in [3.05, 3.63) is 29.8 Å². The smallest absolute Gasteiger partial charge is 0.136 e. The van der Waals surface area contributed by atoms with Gasteiger partial charge >= 0.3 is 0 Å². The Balaban J connectivity index is 0.00000235. The summed E-state index contributed by atoms with van der Waals surface area (Å²) in [7, 11) is 4.34. The first-order chi connectivity index (χ1) is 36.5. The molecule has 1 aromatic rings. The van der Waals surface area contributed by atoms with Crippen LogP contribution in [0.15, 0.2) is 24.3 Å². The van der Waals surface area contributed by atoms with Crippen LogP contribution in [0.25, 0.3) is 0 Å². The van der Waals surface area contributed by atoms with Crippen molar-refractivity contribution < 1.29 is 0 Å². The zero-order valence-corrected chi connectivity index (χ0v) is 52.9. The minimum absolute atomic E-state index is 1.26. The predicted molar refractivity (Wildman–Crippen MR) is 343 cm³/mol. The van der Waals surface area contributed by atoms with E-state index in [1.54, 1.807) is 11.3 Å². The van der Waals surface area contributed by atoms with Crippen LogP contribution in [0, 0.1) is 0 Å². The van der Waals surface area contributed by atoms with Crippen LogP contribution in [-0.2, 0) is 6.42 Å². The van der Waals surface area contributed by atoms with Gasteiger partial charge in [0.15, 0.2) is 0 Å². The maximum Gasteiger partial charge on any atom is 0.136 e. The van der Waals surface area contributed by atoms with Crippen molar-refractivity contribution in [3.8, 4) is 0 Å². The van der Waals surface area contributed by atoms with Gasteiger partial charge in [-0.15, -0.1) is 0 Å². The molecule has 0 atom stereocenters. The molecule has 0 aliphatic rings. The molecule has 0 saturated heterocycles. The van der Waals surface area contributed by atoms with Gasteiger partial charge in [0.05, 0.1) is 19.6 Å². The van der Waals surface area contributed by atoms with E-state index in [9.17, 15) is 0 Å². The minimum atomic E-state index is 1.26. The Labute approximate surface area is 470 Å². The Hall–Kier alpha value is -0.860. The monoisotopic (exact) mass is 1040 g/mol. The van der Waals surface area contributed by atoms with E-state index in [0.29, 0.717) is 0 Å². The Bertz CT molecular complexity index is 1100. The van der Waals surface area contributed by atoms with Crippen LogP contribution in [0.1, 0.15) is 387 Å². The largest absolute Gasteiger partial charge is 0.309 e. The van der Waals surface area contributed by atoms with Gasteiger partial charge in [0.1, 0.15) is 5.69 Å². The summed E-state index contributed by atoms with van der Waals surface area (Å²) >= 11 is 0. The lowest BCUT2D eigenvalue weighted by Gasteiger charge is -2.40. The molecule has 0 aromatic heterocycles. The zero-order valence-electron chi connectivity index (χ0n) is 52.9. The fraction of sp³-hybridized carbons (Fsp3) is 0.917. The Morgan fingerprint density at radius 3 is 0.730 bits per heavy atom. The molecule has 0 radical (unpaired) electrons. The fourth-order valence-electron chi connectivity index (χ4n) is 12.0. The third kappa shape index (κ3) is 50.6. The second-order valence-electron chi connectivity index (χ2n) is 24.8. The lowest BCUT2D eigenvalue weighted by Crippen LogP contribution is -2.52. The van der Waals surface area contributed by atoms with Crippen molar-refractivity contribution in [2.24, 2.45) is 0 Å². The maximum absolute atomic E-state index is 2.61. The SMILES string of the molecule is CCCCCCCCCCCCCCCCN(C)C.CCCCCCCCCCCCc1ccccc1[N+](CCCCCCCCCCCC)(CCCCCCCCCCCC)CCCCCCCCCCCC. The van der Waals surface area contributed by atoms with Crippen molar-refractivity contribution in [2.75, 3.05) is 40.3 Å². The predicted octanol–water partition coefficient (Wildman–Crippen LogP) is 25.2. The molecular formula is C72H143N2+. The van der Waals surface area contributed by atoms with E-state index >= 15 is 0 Å². The van der Waals surface area contributed by atoms with Gasteiger partial charge in [0, 0.05) is 5.56 Å². The van der Waals surface area contributed by atoms with Gasteiger partial charge < -0.3 is 4.90 Å². The van der Waals surface area contributed by atoms with Gasteiger partial charge in [-0.2, -0.15) is 0 Å². The number of rotatable bonds is 60. The van der Waals surface area contributed by atoms with E-state index in [1.807, 2.05) is 0 Å². The van der Waals surface area contributed by atoms with E-state index in [0.717, 1.165) is 0 Å². The number of hydrogen-bond acceptors (Lipinski definition) is 1. The molecule has 440 valence electrons. The molecule has 0 bridgehead atoms. The van der Waals surface area contributed by atoms with Crippen LogP contribution < -0.4 is 4.48 Å². The minimum Gasteiger partial charge on any atom is -0.309 e. The Kier molecular flexibility index (Phi) is 60.6. The molecule has 0 N–H and O–H groups in total. The summed E-state index contributed by atoms with van der Waals surface area (Å²) in [4.78, 5) is 2.29. The first-order valence-electron chi connectivity index (χ1n) is 35.1. The van der Waals surface area contributed by atoms with Gasteiger partial charge in [-0.25, -0.2) is 0 Å². The molecule has 0 aliphatic heterocycles. The van der Waals surface area contributed by atoms with Crippen molar-refractivity contribution in [1.82, 2.24) is 9.38 Å². The molecule has 2 nitrogen and oxygen atoms in total. The maximum atomic E-state index is 2.61. The van der Waals surface area contributed by atoms with E-state index in [4.69, 9.17) is 0 Å². The summed E-state index contributed by atoms with van der Waals surface area (Å²) in [6.45, 7) is 17.0. The van der Waals surface area contributed by atoms with Gasteiger partial charge in [-0.05, 0) is 84.5 Å². The lowest BCUT2D eigenvalue weighted by molar-refractivity contribution is 0.251. The third-order valence-electron chi connectivity index (χ3n) is 17.1. The first-order valence-corrected chi connectivity index (χ1v) is 35.1. The molecule has 0 saturated carbocycles. The highest BCUT2D eigenvalue weighted by atomic mass is 15.4. The second kappa shape index (κ2) is 61.4. The van der Waals surface area contributed by atoms with Crippen molar-refractivity contribution in [2.45, 2.75) is 388 Å². The highest BCUT2D eigenvalue weighted by Crippen LogP contribution is 2.33. The summed E-state index contributed by atoms with van der Waals surface area (Å²) in [6, 6.07) is 9.92. The summed E-state index contributed by atoms with van der Waals surface area (Å²) in [6.07, 6.45) is 79.0. The van der Waals surface area contributed by atoms with E-state index < -0.39 is 0 Å². The van der Waals surface area contributed by atoms with E-state index in [2.05, 4.69) is 77.9 Å². The summed E-state index contributed by atoms with van der Waals surface area (Å²) < 4.78 is 1.29. The number of unbranched alkanes of at least 4 members (excludes halogenated alkanes) is 49. The summed E-state index contributed by atoms with van der Waals surface area (Å²) in [5, 5.41) is 0. The highest BCUT2D eigenvalue weighted by molar-refractivity contribution is 5.51. The molecule has 0 amide bonds. The van der Waals surface area contributed by atoms with Gasteiger partial charge in [-0.1, -0.05) is 348 Å². The van der Waals surface area contributed by atoms with Crippen molar-refractivity contribution >= 4 is 5.69 Å². The normalized spacial score (nSPS) is 11.8. The van der Waals surface area contributed by atoms with Crippen LogP contribution in [0.3, 0.4) is 0 Å². The zero-order chi connectivity index (χ0) is 53.8. The second-order valence-corrected chi connectivity index (χ2v) is 24.8. The molecular weight excluding hydrogens is 893 g/mol. The Morgan fingerprint density at radius 2 is 0.473 bits per heavy atom. The molecule has 0 spiro atoms. The topological polar surface area (TPSA) is 3.24 Å². The summed E-state index contributed by atoms with van der Waals surface area (Å²) in [5.41, 5.74) is 3.44. The van der Waals surface area contributed by atoms with E-state index in [-0.39, 0.29) is 0 Å². The number of para-hydroxylation sites is 1. The van der Waals surface area contributed by atoms with Crippen LogP contribution >= 0.6 is 0 Å². The lowest BCUT2D eigenvalue weighted by atomic mass is 9.98. The third-order valence-corrected chi connectivity index (χ3v) is 17.1. The van der Waals surface area contributed by atoms with Crippen molar-refractivity contribution in [1.29, 1.82) is 0 Å². The van der Waals surface area contributed by atoms with Crippen molar-refractivity contribution in [3.63, 3.8) is 0 Å². The number of aryl methyl sites for hydroxylation is 1. The molecule has 0 aliphatic carbocycles. The van der Waals surface area contributed by atoms with Gasteiger partial charge in [0.25, 0.3) is 0 Å². The standard InChI is InChI=1S/C54H104N.C18H39N/c1-5-9-13-17-21-25-29-33-37-41-47-53-48-42-43-49-54(53)55(50-44-38-34-30-26-22-18-14-10-6-2,51-45-39-35-31-27-23-19-15-11-7-3)52-46-40-36-32-28-24-20-16-12-8-4;1-4-5-6-7-8-9-10-11-12-13-14-15-16-17-18-19(2)3/h42-43,48-49H,5-41,44-47,50-52H2,1-4H3;4-18H2,1-3H3/q+1;. The van der Waals surface area contributed by atoms with Crippen LogP contribution in [0.5, 0.6) is 0 Å². The van der Waals surface area contributed by atoms with Crippen LogP contribution in [0.4, 0.5) is 5.69 Å². The van der Waals surface area contributed by atoms with Gasteiger partial charge in [0.2, 0.25) is 0 Å². The molecule has 0 fully saturated rings. The van der Waals surface area contributed by atoms with E-state index in [1.165, 1.54) is 384 Å². The summed E-state index contributed by atoms with van der Waals surface area (Å²) in [5.74, 6) is 0. The molecule has 74 heavy (non-hydrogen) atoms. The average Bonchev–Trinajstić information content (AvgIpc) is 3.41. The molecule has 0 unspecified atom stereocenters. The first kappa shape index (κ1) is 73.1. The molecule has 1 rings (SSSR count). The molecule has 2 heteroatoms. The number of quaternary nitrogens is 1. The van der Waals surface area contributed by atoms with Crippen LogP contribution in [0.2, 0.25) is 0 Å². The average molecular weight is 1040 g/mol. The molecule has 1 aromatic carbocycles. The molecule has 0 heterocycles. The number of benzene rings is 1. The fourth-order valence-corrected chi connectivity index (χ4v) is 12.0. The van der Waals surface area contributed by atoms with Gasteiger partial charge in [-0.3, -0.25) is 4.48 Å². The quantitative estimate of drug-likeness (QED) is 0.0464. The highest BCUT2D eigenvalue weighted by Gasteiger charge is 2.31. The number of hydrogen-bond donors (Lipinski definition) is 0. The Morgan fingerprint density at radius 1 is 0.257 bits per heavy atom.